The van der Waals surface area contributed by atoms with Gasteiger partial charge in [-0.1, -0.05) is 29.5 Å². The fraction of sp³-hybridized carbons (Fsp3) is 0.407. The van der Waals surface area contributed by atoms with E-state index in [1.165, 1.54) is 11.1 Å². The SMILES string of the molecule is Cc1ccc(C(CC(=O)O)c2ccc3c(nnn3C)c2C)cc1CN1CCCC(n2cccn2)C1. The Kier molecular flexibility index (Phi) is 6.38. The number of nitrogens with zero attached hydrogens (tertiary/aromatic N) is 6. The Morgan fingerprint density at radius 2 is 2.09 bits per heavy atom. The average molecular weight is 473 g/mol. The van der Waals surface area contributed by atoms with E-state index >= 15 is 0 Å². The predicted molar refractivity (Wildman–Crippen MR) is 134 cm³/mol. The monoisotopic (exact) mass is 472 g/mol. The highest BCUT2D eigenvalue weighted by molar-refractivity contribution is 5.80. The van der Waals surface area contributed by atoms with E-state index in [1.807, 2.05) is 44.6 Å². The van der Waals surface area contributed by atoms with E-state index < -0.39 is 5.97 Å². The van der Waals surface area contributed by atoms with Crippen molar-refractivity contribution >= 4 is 17.0 Å². The number of fused-ring (bicyclic) bond motifs is 1. The third-order valence-electron chi connectivity index (χ3n) is 7.38. The standard InChI is InChI=1S/C27H32N6O2/c1-18-7-8-20(14-21(18)16-32-12-4-6-22(17-32)33-13-5-11-28-33)24(15-26(34)35)23-9-10-25-27(19(23)2)29-30-31(25)3/h5,7-11,13-14,22,24H,4,6,12,15-17H2,1-3H3,(H,34,35). The second-order valence-corrected chi connectivity index (χ2v) is 9.71. The molecule has 0 amide bonds. The molecule has 3 heterocycles. The smallest absolute Gasteiger partial charge is 0.304 e. The number of piperidine rings is 1. The molecule has 0 saturated carbocycles. The molecule has 2 atom stereocenters. The van der Waals surface area contributed by atoms with Crippen molar-refractivity contribution in [2.24, 2.45) is 7.05 Å². The number of aromatic nitrogens is 5. The Hall–Kier alpha value is -3.52. The Morgan fingerprint density at radius 1 is 1.23 bits per heavy atom. The lowest BCUT2D eigenvalue weighted by Gasteiger charge is -2.33. The number of aryl methyl sites for hydroxylation is 3. The normalized spacial score (nSPS) is 17.6. The first-order valence-electron chi connectivity index (χ1n) is 12.2. The minimum Gasteiger partial charge on any atom is -0.481 e. The number of carbonyl (C=O) groups is 1. The summed E-state index contributed by atoms with van der Waals surface area (Å²) in [5.41, 5.74) is 7.25. The van der Waals surface area contributed by atoms with Crippen molar-refractivity contribution in [1.29, 1.82) is 0 Å². The van der Waals surface area contributed by atoms with E-state index in [0.717, 1.165) is 60.2 Å². The lowest BCUT2D eigenvalue weighted by molar-refractivity contribution is -0.137. The molecule has 8 nitrogen and oxygen atoms in total. The molecule has 1 fully saturated rings. The van der Waals surface area contributed by atoms with Crippen molar-refractivity contribution in [2.45, 2.75) is 51.6 Å². The Morgan fingerprint density at radius 3 is 2.86 bits per heavy atom. The van der Waals surface area contributed by atoms with Gasteiger partial charge in [0.05, 0.1) is 18.0 Å². The molecule has 2 aromatic carbocycles. The van der Waals surface area contributed by atoms with Gasteiger partial charge >= 0.3 is 5.97 Å². The van der Waals surface area contributed by atoms with Crippen LogP contribution in [0.25, 0.3) is 11.0 Å². The summed E-state index contributed by atoms with van der Waals surface area (Å²) in [5, 5.41) is 22.7. The highest BCUT2D eigenvalue weighted by Crippen LogP contribution is 2.34. The van der Waals surface area contributed by atoms with E-state index in [9.17, 15) is 9.90 Å². The summed E-state index contributed by atoms with van der Waals surface area (Å²) in [6, 6.07) is 12.8. The molecular weight excluding hydrogens is 440 g/mol. The van der Waals surface area contributed by atoms with Gasteiger partial charge in [0.1, 0.15) is 5.52 Å². The van der Waals surface area contributed by atoms with Crippen LogP contribution in [0.1, 0.15) is 59.0 Å². The molecule has 4 aromatic rings. The van der Waals surface area contributed by atoms with Gasteiger partial charge in [-0.3, -0.25) is 14.4 Å². The predicted octanol–water partition coefficient (Wildman–Crippen LogP) is 4.23. The van der Waals surface area contributed by atoms with Gasteiger partial charge in [-0.2, -0.15) is 5.10 Å². The summed E-state index contributed by atoms with van der Waals surface area (Å²) in [7, 11) is 1.87. The first-order valence-corrected chi connectivity index (χ1v) is 12.2. The van der Waals surface area contributed by atoms with Crippen LogP contribution >= 0.6 is 0 Å². The molecule has 35 heavy (non-hydrogen) atoms. The third kappa shape index (κ3) is 4.71. The molecule has 0 radical (unpaired) electrons. The summed E-state index contributed by atoms with van der Waals surface area (Å²) >= 11 is 0. The van der Waals surface area contributed by atoms with Gasteiger partial charge in [-0.15, -0.1) is 5.10 Å². The van der Waals surface area contributed by atoms with Crippen LogP contribution in [-0.2, 0) is 18.4 Å². The van der Waals surface area contributed by atoms with Crippen LogP contribution < -0.4 is 0 Å². The van der Waals surface area contributed by atoms with E-state index in [0.29, 0.717) is 6.04 Å². The van der Waals surface area contributed by atoms with Crippen molar-refractivity contribution in [3.05, 3.63) is 76.6 Å². The lowest BCUT2D eigenvalue weighted by Crippen LogP contribution is -2.36. The number of hydrogen-bond donors (Lipinski definition) is 1. The number of rotatable bonds is 7. The van der Waals surface area contributed by atoms with Crippen molar-refractivity contribution in [3.63, 3.8) is 0 Å². The van der Waals surface area contributed by atoms with E-state index in [2.05, 4.69) is 50.1 Å². The van der Waals surface area contributed by atoms with Crippen molar-refractivity contribution in [3.8, 4) is 0 Å². The molecule has 1 aliphatic heterocycles. The fourth-order valence-electron chi connectivity index (χ4n) is 5.41. The van der Waals surface area contributed by atoms with Gasteiger partial charge in [-0.05, 0) is 73.2 Å². The lowest BCUT2D eigenvalue weighted by atomic mass is 9.84. The highest BCUT2D eigenvalue weighted by Gasteiger charge is 2.25. The van der Waals surface area contributed by atoms with Crippen molar-refractivity contribution in [1.82, 2.24) is 29.7 Å². The van der Waals surface area contributed by atoms with Crippen molar-refractivity contribution in [2.75, 3.05) is 13.1 Å². The maximum Gasteiger partial charge on any atom is 0.304 e. The molecule has 1 aliphatic rings. The average Bonchev–Trinajstić information content (AvgIpc) is 3.51. The second-order valence-electron chi connectivity index (χ2n) is 9.71. The molecular formula is C27H32N6O2. The molecule has 5 rings (SSSR count). The number of aliphatic carboxylic acids is 1. The van der Waals surface area contributed by atoms with E-state index in [4.69, 9.17) is 0 Å². The molecule has 0 aliphatic carbocycles. The zero-order valence-corrected chi connectivity index (χ0v) is 20.6. The summed E-state index contributed by atoms with van der Waals surface area (Å²) < 4.78 is 3.82. The van der Waals surface area contributed by atoms with E-state index in [1.54, 1.807) is 4.68 Å². The number of hydrogen-bond acceptors (Lipinski definition) is 5. The number of likely N-dealkylation sites (tertiary alicyclic amines) is 1. The molecule has 2 unspecified atom stereocenters. The number of benzene rings is 2. The zero-order valence-electron chi connectivity index (χ0n) is 20.6. The molecule has 1 saturated heterocycles. The molecule has 0 bridgehead atoms. The van der Waals surface area contributed by atoms with Crippen LogP contribution in [-0.4, -0.2) is 53.8 Å². The summed E-state index contributed by atoms with van der Waals surface area (Å²) in [6.45, 7) is 7.02. The maximum absolute atomic E-state index is 11.9. The minimum absolute atomic E-state index is 0.0280. The van der Waals surface area contributed by atoms with Gasteiger partial charge in [0.15, 0.2) is 0 Å². The molecule has 0 spiro atoms. The van der Waals surface area contributed by atoms with Crippen LogP contribution in [0.4, 0.5) is 0 Å². The first kappa shape index (κ1) is 23.2. The summed E-state index contributed by atoms with van der Waals surface area (Å²) in [5.74, 6) is -1.06. The van der Waals surface area contributed by atoms with E-state index in [-0.39, 0.29) is 12.3 Å². The summed E-state index contributed by atoms with van der Waals surface area (Å²) in [4.78, 5) is 14.4. The first-order chi connectivity index (χ1) is 16.9. The van der Waals surface area contributed by atoms with Gasteiger partial charge in [0, 0.05) is 38.4 Å². The number of carboxylic acid groups (broad SMARTS) is 1. The molecule has 1 N–H and O–H groups in total. The fourth-order valence-corrected chi connectivity index (χ4v) is 5.41. The van der Waals surface area contributed by atoms with Crippen LogP contribution in [0.3, 0.4) is 0 Å². The topological polar surface area (TPSA) is 89.1 Å². The van der Waals surface area contributed by atoms with Gasteiger partial charge in [0.2, 0.25) is 0 Å². The van der Waals surface area contributed by atoms with Crippen LogP contribution in [0.5, 0.6) is 0 Å². The number of carboxylic acids is 1. The van der Waals surface area contributed by atoms with Crippen LogP contribution in [0, 0.1) is 13.8 Å². The maximum atomic E-state index is 11.9. The Balaban J connectivity index is 1.45. The molecule has 182 valence electrons. The summed E-state index contributed by atoms with van der Waals surface area (Å²) in [6.07, 6.45) is 6.20. The third-order valence-corrected chi connectivity index (χ3v) is 7.38. The largest absolute Gasteiger partial charge is 0.481 e. The Labute approximate surface area is 205 Å². The van der Waals surface area contributed by atoms with Crippen molar-refractivity contribution < 1.29 is 9.90 Å². The Bertz CT molecular complexity index is 1340. The molecule has 2 aromatic heterocycles. The quantitative estimate of drug-likeness (QED) is 0.433. The van der Waals surface area contributed by atoms with Crippen LogP contribution in [0.15, 0.2) is 48.8 Å². The van der Waals surface area contributed by atoms with Gasteiger partial charge in [0.25, 0.3) is 0 Å². The van der Waals surface area contributed by atoms with Gasteiger partial charge < -0.3 is 5.11 Å². The molecule has 8 heteroatoms. The highest BCUT2D eigenvalue weighted by atomic mass is 16.4. The second kappa shape index (κ2) is 9.62. The minimum atomic E-state index is -0.811. The zero-order chi connectivity index (χ0) is 24.5. The van der Waals surface area contributed by atoms with Crippen LogP contribution in [0.2, 0.25) is 0 Å². The van der Waals surface area contributed by atoms with Gasteiger partial charge in [-0.25, -0.2) is 4.68 Å².